The molecular formula is C13H11ClN2S. The Bertz CT molecular complexity index is 542. The van der Waals surface area contributed by atoms with Crippen molar-refractivity contribution in [2.24, 2.45) is 0 Å². The second-order valence-corrected chi connectivity index (χ2v) is 5.22. The molecule has 1 heterocycles. The highest BCUT2D eigenvalue weighted by molar-refractivity contribution is 7.12. The van der Waals surface area contributed by atoms with Crippen LogP contribution in [0.3, 0.4) is 0 Å². The van der Waals surface area contributed by atoms with Crippen LogP contribution in [-0.2, 0) is 13.1 Å². The third-order valence-electron chi connectivity index (χ3n) is 2.29. The first kappa shape index (κ1) is 12.1. The summed E-state index contributed by atoms with van der Waals surface area (Å²) in [7, 11) is 0. The molecule has 2 nitrogen and oxygen atoms in total. The average molecular weight is 263 g/mol. The van der Waals surface area contributed by atoms with E-state index in [2.05, 4.69) is 11.4 Å². The van der Waals surface area contributed by atoms with Crippen LogP contribution in [0.15, 0.2) is 36.4 Å². The van der Waals surface area contributed by atoms with Crippen LogP contribution in [-0.4, -0.2) is 0 Å². The molecule has 2 rings (SSSR count). The molecule has 0 saturated heterocycles. The summed E-state index contributed by atoms with van der Waals surface area (Å²) in [5.74, 6) is 0. The van der Waals surface area contributed by atoms with E-state index in [4.69, 9.17) is 16.9 Å². The molecule has 0 unspecified atom stereocenters. The van der Waals surface area contributed by atoms with Gasteiger partial charge < -0.3 is 5.32 Å². The van der Waals surface area contributed by atoms with Gasteiger partial charge in [-0.3, -0.25) is 0 Å². The predicted octanol–water partition coefficient (Wildman–Crippen LogP) is 3.56. The number of hydrogen-bond donors (Lipinski definition) is 1. The average Bonchev–Trinajstić information content (AvgIpc) is 2.77. The normalized spacial score (nSPS) is 10.1. The number of nitrogens with one attached hydrogen (secondary N) is 1. The molecule has 0 bridgehead atoms. The smallest absolute Gasteiger partial charge is 0.110 e. The highest BCUT2D eigenvalue weighted by Crippen LogP contribution is 2.15. The highest BCUT2D eigenvalue weighted by Gasteiger charge is 1.99. The van der Waals surface area contributed by atoms with Crippen LogP contribution >= 0.6 is 22.9 Å². The number of halogens is 1. The minimum Gasteiger partial charge on any atom is -0.308 e. The van der Waals surface area contributed by atoms with Gasteiger partial charge in [0, 0.05) is 23.0 Å². The zero-order valence-corrected chi connectivity index (χ0v) is 10.7. The summed E-state index contributed by atoms with van der Waals surface area (Å²) in [6.45, 7) is 1.55. The molecular weight excluding hydrogens is 252 g/mol. The molecule has 0 amide bonds. The van der Waals surface area contributed by atoms with E-state index in [0.29, 0.717) is 0 Å². The number of nitrogens with zero attached hydrogens (tertiary/aromatic N) is 1. The number of rotatable bonds is 4. The van der Waals surface area contributed by atoms with Crippen LogP contribution in [0.2, 0.25) is 5.02 Å². The zero-order valence-electron chi connectivity index (χ0n) is 9.11. The van der Waals surface area contributed by atoms with E-state index in [9.17, 15) is 0 Å². The van der Waals surface area contributed by atoms with Crippen LogP contribution in [0.1, 0.15) is 15.3 Å². The maximum absolute atomic E-state index is 8.71. The molecule has 2 aromatic rings. The Labute approximate surface area is 109 Å². The molecule has 86 valence electrons. The summed E-state index contributed by atoms with van der Waals surface area (Å²) >= 11 is 7.42. The van der Waals surface area contributed by atoms with E-state index in [1.165, 1.54) is 16.2 Å². The van der Waals surface area contributed by atoms with Gasteiger partial charge in [-0.15, -0.1) is 11.3 Å². The third-order valence-corrected chi connectivity index (χ3v) is 3.51. The van der Waals surface area contributed by atoms with E-state index in [0.717, 1.165) is 28.6 Å². The number of benzene rings is 1. The van der Waals surface area contributed by atoms with Gasteiger partial charge in [0.25, 0.3) is 0 Å². The Kier molecular flexibility index (Phi) is 4.16. The standard InChI is InChI=1S/C13H11ClN2S/c14-11-3-1-2-10(6-11)8-16-9-13-5-4-12(7-15)17-13/h1-6,16H,8-9H2. The topological polar surface area (TPSA) is 35.8 Å². The largest absolute Gasteiger partial charge is 0.308 e. The van der Waals surface area contributed by atoms with Crippen LogP contribution in [0.4, 0.5) is 0 Å². The van der Waals surface area contributed by atoms with Gasteiger partial charge in [0.2, 0.25) is 0 Å². The summed E-state index contributed by atoms with van der Waals surface area (Å²) in [5.41, 5.74) is 1.16. The van der Waals surface area contributed by atoms with Crippen molar-refractivity contribution < 1.29 is 0 Å². The fourth-order valence-electron chi connectivity index (χ4n) is 1.51. The van der Waals surface area contributed by atoms with Crippen molar-refractivity contribution in [2.75, 3.05) is 0 Å². The van der Waals surface area contributed by atoms with Crippen molar-refractivity contribution in [2.45, 2.75) is 13.1 Å². The summed E-state index contributed by atoms with van der Waals surface area (Å²) < 4.78 is 0. The molecule has 1 N–H and O–H groups in total. The lowest BCUT2D eigenvalue weighted by molar-refractivity contribution is 0.701. The molecule has 0 aliphatic rings. The second-order valence-electron chi connectivity index (χ2n) is 3.61. The first-order valence-corrected chi connectivity index (χ1v) is 6.41. The van der Waals surface area contributed by atoms with Crippen molar-refractivity contribution in [3.63, 3.8) is 0 Å². The lowest BCUT2D eigenvalue weighted by Gasteiger charge is -2.03. The van der Waals surface area contributed by atoms with Crippen molar-refractivity contribution in [1.29, 1.82) is 5.26 Å². The van der Waals surface area contributed by atoms with Crippen molar-refractivity contribution in [1.82, 2.24) is 5.32 Å². The summed E-state index contributed by atoms with van der Waals surface area (Å²) in [6.07, 6.45) is 0. The molecule has 0 atom stereocenters. The molecule has 0 spiro atoms. The van der Waals surface area contributed by atoms with Crippen LogP contribution in [0, 0.1) is 11.3 Å². The minimum atomic E-state index is 0.754. The Morgan fingerprint density at radius 2 is 2.12 bits per heavy atom. The summed E-state index contributed by atoms with van der Waals surface area (Å²) in [5, 5.41) is 12.8. The van der Waals surface area contributed by atoms with Crippen LogP contribution < -0.4 is 5.32 Å². The molecule has 0 fully saturated rings. The second kappa shape index (κ2) is 5.83. The quantitative estimate of drug-likeness (QED) is 0.915. The lowest BCUT2D eigenvalue weighted by Crippen LogP contribution is -2.11. The predicted molar refractivity (Wildman–Crippen MR) is 71.0 cm³/mol. The molecule has 0 aliphatic heterocycles. The van der Waals surface area contributed by atoms with Crippen molar-refractivity contribution in [3.05, 3.63) is 56.7 Å². The van der Waals surface area contributed by atoms with E-state index in [-0.39, 0.29) is 0 Å². The van der Waals surface area contributed by atoms with Gasteiger partial charge in [-0.05, 0) is 29.8 Å². The minimum absolute atomic E-state index is 0.754. The van der Waals surface area contributed by atoms with E-state index in [1.807, 2.05) is 36.4 Å². The Balaban J connectivity index is 1.85. The summed E-state index contributed by atoms with van der Waals surface area (Å²) in [4.78, 5) is 1.92. The van der Waals surface area contributed by atoms with Gasteiger partial charge in [-0.1, -0.05) is 23.7 Å². The lowest BCUT2D eigenvalue weighted by atomic mass is 10.2. The maximum atomic E-state index is 8.71. The van der Waals surface area contributed by atoms with Gasteiger partial charge in [0.05, 0.1) is 0 Å². The fourth-order valence-corrected chi connectivity index (χ4v) is 2.50. The molecule has 1 aromatic carbocycles. The van der Waals surface area contributed by atoms with Crippen LogP contribution in [0.25, 0.3) is 0 Å². The molecule has 0 saturated carbocycles. The first-order chi connectivity index (χ1) is 8.28. The molecule has 1 aromatic heterocycles. The molecule has 0 aliphatic carbocycles. The van der Waals surface area contributed by atoms with Crippen molar-refractivity contribution >= 4 is 22.9 Å². The Morgan fingerprint density at radius 1 is 1.24 bits per heavy atom. The Morgan fingerprint density at radius 3 is 2.82 bits per heavy atom. The van der Waals surface area contributed by atoms with E-state index < -0.39 is 0 Å². The Hall–Kier alpha value is -1.34. The van der Waals surface area contributed by atoms with Gasteiger partial charge in [-0.2, -0.15) is 5.26 Å². The SMILES string of the molecule is N#Cc1ccc(CNCc2cccc(Cl)c2)s1. The maximum Gasteiger partial charge on any atom is 0.110 e. The molecule has 0 radical (unpaired) electrons. The van der Waals surface area contributed by atoms with Gasteiger partial charge in [-0.25, -0.2) is 0 Å². The van der Waals surface area contributed by atoms with Crippen molar-refractivity contribution in [3.8, 4) is 6.07 Å². The number of hydrogen-bond acceptors (Lipinski definition) is 3. The van der Waals surface area contributed by atoms with Crippen LogP contribution in [0.5, 0.6) is 0 Å². The van der Waals surface area contributed by atoms with Gasteiger partial charge >= 0.3 is 0 Å². The first-order valence-electron chi connectivity index (χ1n) is 5.22. The fraction of sp³-hybridized carbons (Fsp3) is 0.154. The van der Waals surface area contributed by atoms with Gasteiger partial charge in [0.15, 0.2) is 0 Å². The summed E-state index contributed by atoms with van der Waals surface area (Å²) in [6, 6.07) is 13.8. The number of thiophene rings is 1. The van der Waals surface area contributed by atoms with Gasteiger partial charge in [0.1, 0.15) is 10.9 Å². The van der Waals surface area contributed by atoms with E-state index in [1.54, 1.807) is 0 Å². The monoisotopic (exact) mass is 262 g/mol. The van der Waals surface area contributed by atoms with E-state index >= 15 is 0 Å². The molecule has 4 heteroatoms. The number of nitriles is 1. The highest BCUT2D eigenvalue weighted by atomic mass is 35.5. The third kappa shape index (κ3) is 3.57. The zero-order chi connectivity index (χ0) is 12.1. The molecule has 17 heavy (non-hydrogen) atoms.